The van der Waals surface area contributed by atoms with Gasteiger partial charge in [0.1, 0.15) is 11.8 Å². The van der Waals surface area contributed by atoms with Crippen LogP contribution in [0.3, 0.4) is 0 Å². The van der Waals surface area contributed by atoms with Crippen LogP contribution in [0.1, 0.15) is 12.0 Å². The number of alkyl halides is 3. The Kier molecular flexibility index (Phi) is 4.34. The minimum absolute atomic E-state index is 0.364. The molecule has 1 heterocycles. The Bertz CT molecular complexity index is 686. The number of carboxylic acids is 1. The highest BCUT2D eigenvalue weighted by atomic mass is 32.2. The van der Waals surface area contributed by atoms with Crippen LogP contribution in [-0.4, -0.2) is 38.3 Å². The number of ether oxygens (including phenoxy) is 1. The van der Waals surface area contributed by atoms with Crippen molar-refractivity contribution in [1.82, 2.24) is 4.72 Å². The van der Waals surface area contributed by atoms with E-state index in [1.807, 2.05) is 0 Å². The van der Waals surface area contributed by atoms with Gasteiger partial charge in [0.2, 0.25) is 10.0 Å². The van der Waals surface area contributed by atoms with E-state index >= 15 is 0 Å². The maximum atomic E-state index is 12.7. The minimum atomic E-state index is -5.01. The molecule has 2 rings (SSSR count). The second-order valence-corrected chi connectivity index (χ2v) is 6.40. The van der Waals surface area contributed by atoms with E-state index in [4.69, 9.17) is 9.84 Å². The van der Waals surface area contributed by atoms with Gasteiger partial charge in [-0.1, -0.05) is 0 Å². The van der Waals surface area contributed by atoms with Crippen molar-refractivity contribution in [2.24, 2.45) is 0 Å². The van der Waals surface area contributed by atoms with E-state index in [9.17, 15) is 26.4 Å². The molecule has 0 amide bonds. The molecule has 0 aromatic heterocycles. The molecule has 1 aromatic rings. The molecule has 0 bridgehead atoms. The average Bonchev–Trinajstić information content (AvgIpc) is 2.83. The lowest BCUT2D eigenvalue weighted by atomic mass is 10.2. The minimum Gasteiger partial charge on any atom is -0.493 e. The molecule has 0 saturated carbocycles. The largest absolute Gasteiger partial charge is 0.493 e. The van der Waals surface area contributed by atoms with Crippen LogP contribution in [0.4, 0.5) is 13.2 Å². The summed E-state index contributed by atoms with van der Waals surface area (Å²) in [5.41, 5.74) is 0.574. The van der Waals surface area contributed by atoms with E-state index < -0.39 is 34.6 Å². The Morgan fingerprint density at radius 2 is 2.09 bits per heavy atom. The van der Waals surface area contributed by atoms with Crippen LogP contribution in [0, 0.1) is 0 Å². The summed E-state index contributed by atoms with van der Waals surface area (Å²) >= 11 is 0. The molecule has 0 fully saturated rings. The summed E-state index contributed by atoms with van der Waals surface area (Å²) in [6.07, 6.45) is -5.95. The fraction of sp³-hybridized carbons (Fsp3) is 0.417. The number of hydrogen-bond donors (Lipinski definition) is 2. The normalized spacial score (nSPS) is 16.0. The number of nitrogens with one attached hydrogen (secondary N) is 1. The van der Waals surface area contributed by atoms with Crippen molar-refractivity contribution in [2.75, 3.05) is 6.61 Å². The quantitative estimate of drug-likeness (QED) is 0.844. The number of rotatable bonds is 5. The maximum absolute atomic E-state index is 12.7. The van der Waals surface area contributed by atoms with Gasteiger partial charge in [-0.2, -0.15) is 17.9 Å². The highest BCUT2D eigenvalue weighted by Gasteiger charge is 2.43. The van der Waals surface area contributed by atoms with Crippen LogP contribution >= 0.6 is 0 Å². The number of aliphatic carboxylic acids is 1. The van der Waals surface area contributed by atoms with Gasteiger partial charge >= 0.3 is 12.1 Å². The van der Waals surface area contributed by atoms with Crippen molar-refractivity contribution in [3.63, 3.8) is 0 Å². The van der Waals surface area contributed by atoms with Gasteiger partial charge in [-0.3, -0.25) is 4.79 Å². The van der Waals surface area contributed by atoms with Gasteiger partial charge in [0.25, 0.3) is 0 Å². The van der Waals surface area contributed by atoms with E-state index in [1.165, 1.54) is 16.9 Å². The third-order valence-corrected chi connectivity index (χ3v) is 4.51. The number of fused-ring (bicyclic) bond motifs is 1. The van der Waals surface area contributed by atoms with Gasteiger partial charge in [0.05, 0.1) is 17.9 Å². The zero-order valence-corrected chi connectivity index (χ0v) is 11.9. The number of benzene rings is 1. The lowest BCUT2D eigenvalue weighted by molar-refractivity contribution is -0.163. The Labute approximate surface area is 123 Å². The molecule has 0 radical (unpaired) electrons. The molecule has 1 aliphatic rings. The van der Waals surface area contributed by atoms with E-state index in [2.05, 4.69) is 0 Å². The third-order valence-electron chi connectivity index (χ3n) is 3.04. The topological polar surface area (TPSA) is 92.7 Å². The van der Waals surface area contributed by atoms with Crippen LogP contribution in [0.5, 0.6) is 5.75 Å². The SMILES string of the molecule is O=C(O)C[C@@H](NS(=O)(=O)c1ccc2c(c1)CCO2)C(F)(F)F. The first kappa shape index (κ1) is 16.6. The fourth-order valence-corrected chi connectivity index (χ4v) is 3.26. The van der Waals surface area contributed by atoms with E-state index in [-0.39, 0.29) is 4.90 Å². The molecule has 0 unspecified atom stereocenters. The molecule has 10 heteroatoms. The Morgan fingerprint density at radius 3 is 2.68 bits per heavy atom. The Morgan fingerprint density at radius 1 is 1.41 bits per heavy atom. The molecule has 122 valence electrons. The summed E-state index contributed by atoms with van der Waals surface area (Å²) in [6.45, 7) is 0.371. The first-order valence-electron chi connectivity index (χ1n) is 6.16. The van der Waals surface area contributed by atoms with Crippen molar-refractivity contribution in [2.45, 2.75) is 30.0 Å². The number of sulfonamides is 1. The summed E-state index contributed by atoms with van der Waals surface area (Å²) in [5.74, 6) is -1.27. The molecular weight excluding hydrogens is 327 g/mol. The first-order chi connectivity index (χ1) is 10.1. The summed E-state index contributed by atoms with van der Waals surface area (Å²) in [5, 5.41) is 8.49. The molecule has 0 spiro atoms. The average molecular weight is 339 g/mol. The molecule has 1 aromatic carbocycles. The molecule has 1 aliphatic heterocycles. The van der Waals surface area contributed by atoms with Gasteiger partial charge in [0.15, 0.2) is 0 Å². The van der Waals surface area contributed by atoms with Crippen molar-refractivity contribution in [3.8, 4) is 5.75 Å². The van der Waals surface area contributed by atoms with Crippen LogP contribution in [0.25, 0.3) is 0 Å². The lowest BCUT2D eigenvalue weighted by Gasteiger charge is -2.20. The molecule has 2 N–H and O–H groups in total. The zero-order valence-electron chi connectivity index (χ0n) is 11.1. The lowest BCUT2D eigenvalue weighted by Crippen LogP contribution is -2.46. The summed E-state index contributed by atoms with van der Waals surface area (Å²) < 4.78 is 68.8. The predicted octanol–water partition coefficient (Wildman–Crippen LogP) is 1.31. The zero-order chi connectivity index (χ0) is 16.5. The smallest absolute Gasteiger partial charge is 0.405 e. The Balaban J connectivity index is 2.27. The second-order valence-electron chi connectivity index (χ2n) is 4.68. The molecular formula is C12H12F3NO5S. The van der Waals surface area contributed by atoms with Gasteiger partial charge in [0, 0.05) is 6.42 Å². The van der Waals surface area contributed by atoms with Crippen LogP contribution in [0.15, 0.2) is 23.1 Å². The fourth-order valence-electron chi connectivity index (χ4n) is 1.98. The Hall–Kier alpha value is -1.81. The second kappa shape index (κ2) is 5.76. The number of hydrogen-bond acceptors (Lipinski definition) is 4. The molecule has 6 nitrogen and oxygen atoms in total. The molecule has 0 saturated heterocycles. The van der Waals surface area contributed by atoms with E-state index in [1.54, 1.807) is 0 Å². The maximum Gasteiger partial charge on any atom is 0.405 e. The molecule has 0 aliphatic carbocycles. The molecule has 1 atom stereocenters. The highest BCUT2D eigenvalue weighted by molar-refractivity contribution is 7.89. The van der Waals surface area contributed by atoms with Crippen LogP contribution in [0.2, 0.25) is 0 Å². The van der Waals surface area contributed by atoms with Gasteiger partial charge < -0.3 is 9.84 Å². The highest BCUT2D eigenvalue weighted by Crippen LogP contribution is 2.29. The van der Waals surface area contributed by atoms with Crippen LogP contribution in [-0.2, 0) is 21.2 Å². The monoisotopic (exact) mass is 339 g/mol. The molecule has 22 heavy (non-hydrogen) atoms. The van der Waals surface area contributed by atoms with E-state index in [0.717, 1.165) is 6.07 Å². The number of halogens is 3. The number of carbonyl (C=O) groups is 1. The van der Waals surface area contributed by atoms with Crippen molar-refractivity contribution in [3.05, 3.63) is 23.8 Å². The van der Waals surface area contributed by atoms with Gasteiger partial charge in [-0.15, -0.1) is 0 Å². The van der Waals surface area contributed by atoms with Crippen molar-refractivity contribution >= 4 is 16.0 Å². The first-order valence-corrected chi connectivity index (χ1v) is 7.64. The van der Waals surface area contributed by atoms with Crippen molar-refractivity contribution in [1.29, 1.82) is 0 Å². The van der Waals surface area contributed by atoms with Crippen molar-refractivity contribution < 1.29 is 36.2 Å². The van der Waals surface area contributed by atoms with Crippen LogP contribution < -0.4 is 9.46 Å². The predicted molar refractivity (Wildman–Crippen MR) is 68.1 cm³/mol. The standard InChI is InChI=1S/C12H12F3NO5S/c13-12(14,15)10(6-11(17)18)16-22(19,20)8-1-2-9-7(5-8)3-4-21-9/h1-2,5,10,16H,3-4,6H2,(H,17,18)/t10-/m1/s1. The third kappa shape index (κ3) is 3.69. The van der Waals surface area contributed by atoms with Gasteiger partial charge in [-0.25, -0.2) is 8.42 Å². The summed E-state index contributed by atoms with van der Waals surface area (Å²) in [4.78, 5) is 10.1. The number of carboxylic acid groups (broad SMARTS) is 1. The summed E-state index contributed by atoms with van der Waals surface area (Å²) in [7, 11) is -4.50. The summed E-state index contributed by atoms with van der Waals surface area (Å²) in [6, 6.07) is 0.996. The van der Waals surface area contributed by atoms with E-state index in [0.29, 0.717) is 24.3 Å². The van der Waals surface area contributed by atoms with Gasteiger partial charge in [-0.05, 0) is 23.8 Å².